The third kappa shape index (κ3) is 13.4. The fourth-order valence-electron chi connectivity index (χ4n) is 9.50. The second-order valence-corrected chi connectivity index (χ2v) is 24.7. The topological polar surface area (TPSA) is 627 Å². The van der Waals surface area contributed by atoms with Gasteiger partial charge in [-0.15, -0.1) is 0 Å². The first-order valence-electron chi connectivity index (χ1n) is 24.7. The molecule has 18 atom stereocenters. The number of nitrogen functional groups attached to an aromatic ring is 3. The van der Waals surface area contributed by atoms with Gasteiger partial charge in [0.25, 0.3) is 11.1 Å². The standard InChI is InChI=1S/C39H51N15O28P4/c1-13-5-52(39(62)50-32(13)59)20-4-14(15(76-20)6-73-85(68,69)81-27-17(8-72-83(63,64)65)78-35(25(27)57)51-3-2-19(40)47-38(51)61)80-84(66,67)75-9-18-28(26(58)36(79-18)53-11-45-21-29(41)43-10-44-30(21)53)82-86(70,71)74-7-16-23(55)24(56)34(77-16)54-12-46-22-31(54)48-37(42)49-33(22)60/h2-3,5,10-12,14-18,20,23-28,34-36,55-58H,4,6-9H2,1H3,(H,66,67)(H,68,69)(H,70,71)(H2,40,47,61)(H2,41,43,44)(H,50,59,62)(H2,63,64,65)(H3,42,48,49,60)/t14-,15+,16+,17+,18+,20+,23+,24+,25+,26+,27+,28+,34+,35+,36+/m0/s1. The Morgan fingerprint density at radius 1 is 0.605 bits per heavy atom. The van der Waals surface area contributed by atoms with Crippen molar-refractivity contribution in [2.24, 2.45) is 0 Å². The fourth-order valence-corrected chi connectivity index (χ4v) is 12.7. The summed E-state index contributed by atoms with van der Waals surface area (Å²) in [5, 5.41) is 44.8. The molecule has 0 bridgehead atoms. The summed E-state index contributed by atoms with van der Waals surface area (Å²) >= 11 is 0. The highest BCUT2D eigenvalue weighted by molar-refractivity contribution is 7.48. The number of fused-ring (bicyclic) bond motifs is 2. The number of aliphatic hydroxyl groups excluding tert-OH is 4. The van der Waals surface area contributed by atoms with Crippen molar-refractivity contribution in [1.82, 2.24) is 58.1 Å². The molecule has 4 aliphatic rings. The Kier molecular flexibility index (Phi) is 17.7. The SMILES string of the molecule is Cc1cn([C@H]2C[C@H](OP(=O)(O)OC[C@H]3O[C@@H](n4cnc5c(N)ncnc54)[C@H](O)[C@@H]3OP(=O)(O)OC[C@H]3O[C@@H](n4cnc5c(=O)[nH]c(N)nc54)[C@H](O)[C@@H]3O)[C@@H](COP(=O)(O)O[C@H]3[C@@H](O)[C@H](n4ccc(N)nc4=O)O[C@@H]3COP(=O)(O)O)O2)c(=O)[nH]c1=O. The zero-order chi connectivity index (χ0) is 62.1. The smallest absolute Gasteiger partial charge is 0.387 e. The Balaban J connectivity index is 0.858. The molecule has 43 nitrogen and oxygen atoms in total. The molecule has 0 radical (unpaired) electrons. The number of hydrogen-bond donors (Lipinski definition) is 14. The van der Waals surface area contributed by atoms with Crippen LogP contribution in [0.2, 0.25) is 0 Å². The molecule has 6 aromatic heterocycles. The molecule has 17 N–H and O–H groups in total. The van der Waals surface area contributed by atoms with Crippen molar-refractivity contribution in [3.05, 3.63) is 84.7 Å². The highest BCUT2D eigenvalue weighted by Crippen LogP contribution is 2.54. The second-order valence-electron chi connectivity index (χ2n) is 19.3. The van der Waals surface area contributed by atoms with E-state index in [1.54, 1.807) is 0 Å². The van der Waals surface area contributed by atoms with Gasteiger partial charge in [0, 0.05) is 24.4 Å². The zero-order valence-electron chi connectivity index (χ0n) is 43.4. The number of rotatable bonds is 22. The van der Waals surface area contributed by atoms with E-state index in [0.29, 0.717) is 4.57 Å². The number of nitrogens with zero attached hydrogens (tertiary/aromatic N) is 10. The molecule has 0 aliphatic carbocycles. The van der Waals surface area contributed by atoms with Crippen molar-refractivity contribution in [2.75, 3.05) is 43.6 Å². The van der Waals surface area contributed by atoms with E-state index in [1.807, 2.05) is 4.98 Å². The fraction of sp³-hybridized carbons (Fsp3) is 0.538. The number of nitrogens with one attached hydrogen (secondary N) is 2. The maximum atomic E-state index is 14.0. The van der Waals surface area contributed by atoms with Gasteiger partial charge in [0.1, 0.15) is 91.0 Å². The number of aryl methyl sites for hydroxylation is 1. The van der Waals surface area contributed by atoms with Crippen LogP contribution in [0.4, 0.5) is 17.6 Å². The third-order valence-electron chi connectivity index (χ3n) is 13.5. The molecule has 0 amide bonds. The lowest BCUT2D eigenvalue weighted by molar-refractivity contribution is -0.0639. The molecule has 0 spiro atoms. The van der Waals surface area contributed by atoms with E-state index in [0.717, 1.165) is 51.1 Å². The van der Waals surface area contributed by atoms with Crippen LogP contribution in [0.3, 0.4) is 0 Å². The van der Waals surface area contributed by atoms with Crippen LogP contribution in [0.15, 0.2) is 56.6 Å². The van der Waals surface area contributed by atoms with Gasteiger partial charge in [0.15, 0.2) is 41.3 Å². The molecule has 0 saturated carbocycles. The van der Waals surface area contributed by atoms with E-state index in [1.165, 1.54) is 6.92 Å². The number of imidazole rings is 2. The molecule has 0 aromatic carbocycles. The van der Waals surface area contributed by atoms with Crippen LogP contribution in [0, 0.1) is 6.92 Å². The Morgan fingerprint density at radius 2 is 1.15 bits per heavy atom. The molecule has 470 valence electrons. The van der Waals surface area contributed by atoms with Crippen LogP contribution < -0.4 is 39.7 Å². The van der Waals surface area contributed by atoms with Crippen LogP contribution in [-0.2, 0) is 68.9 Å². The summed E-state index contributed by atoms with van der Waals surface area (Å²) in [7, 11) is -22.0. The Morgan fingerprint density at radius 3 is 1.78 bits per heavy atom. The molecular formula is C39H51N15O28P4. The summed E-state index contributed by atoms with van der Waals surface area (Å²) in [6.07, 6.45) is -23.0. The van der Waals surface area contributed by atoms with Crippen LogP contribution >= 0.6 is 31.3 Å². The van der Waals surface area contributed by atoms with E-state index in [2.05, 4.69) is 39.4 Å². The van der Waals surface area contributed by atoms with Crippen molar-refractivity contribution >= 4 is 71.2 Å². The maximum absolute atomic E-state index is 14.0. The third-order valence-corrected chi connectivity index (χ3v) is 17.0. The maximum Gasteiger partial charge on any atom is 0.472 e. The molecule has 3 unspecified atom stereocenters. The van der Waals surface area contributed by atoms with Crippen molar-refractivity contribution in [1.29, 1.82) is 0 Å². The number of hydrogen-bond acceptors (Lipinski definition) is 32. The predicted molar refractivity (Wildman–Crippen MR) is 275 cm³/mol. The van der Waals surface area contributed by atoms with Gasteiger partial charge in [-0.05, 0) is 13.0 Å². The van der Waals surface area contributed by atoms with E-state index in [-0.39, 0.29) is 45.5 Å². The van der Waals surface area contributed by atoms with E-state index < -0.39 is 179 Å². The van der Waals surface area contributed by atoms with Gasteiger partial charge < -0.3 is 81.0 Å². The Labute approximate surface area is 475 Å². The molecule has 4 aliphatic heterocycles. The summed E-state index contributed by atoms with van der Waals surface area (Å²) in [6, 6.07) is 1.11. The molecule has 10 rings (SSSR count). The van der Waals surface area contributed by atoms with Gasteiger partial charge in [-0.2, -0.15) is 9.97 Å². The first kappa shape index (κ1) is 63.0. The number of aliphatic hydroxyl groups is 4. The summed E-state index contributed by atoms with van der Waals surface area (Å²) in [6.45, 7) is -3.20. The Hall–Kier alpha value is -6.02. The quantitative estimate of drug-likeness (QED) is 0.0283. The highest BCUT2D eigenvalue weighted by atomic mass is 31.2. The van der Waals surface area contributed by atoms with Crippen molar-refractivity contribution in [3.63, 3.8) is 0 Å². The lowest BCUT2D eigenvalue weighted by atomic mass is 10.1. The largest absolute Gasteiger partial charge is 0.472 e. The zero-order valence-corrected chi connectivity index (χ0v) is 47.0. The van der Waals surface area contributed by atoms with Gasteiger partial charge >= 0.3 is 42.7 Å². The molecule has 6 aromatic rings. The monoisotopic (exact) mass is 1300 g/mol. The van der Waals surface area contributed by atoms with Crippen molar-refractivity contribution in [3.8, 4) is 0 Å². The minimum Gasteiger partial charge on any atom is -0.387 e. The van der Waals surface area contributed by atoms with Crippen LogP contribution in [0.25, 0.3) is 22.3 Å². The Bertz CT molecular complexity index is 3970. The first-order chi connectivity index (χ1) is 40.4. The summed E-state index contributed by atoms with van der Waals surface area (Å²) in [5.74, 6) is -0.713. The van der Waals surface area contributed by atoms with Gasteiger partial charge in [-0.25, -0.2) is 47.8 Å². The molecule has 10 heterocycles. The minimum atomic E-state index is -5.62. The van der Waals surface area contributed by atoms with Crippen LogP contribution in [-0.4, -0.2) is 197 Å². The number of H-pyrrole nitrogens is 2. The van der Waals surface area contributed by atoms with Gasteiger partial charge in [-0.3, -0.25) is 69.5 Å². The van der Waals surface area contributed by atoms with E-state index in [4.69, 9.17) is 63.3 Å². The van der Waals surface area contributed by atoms with E-state index in [9.17, 15) is 82.3 Å². The van der Waals surface area contributed by atoms with Crippen LogP contribution in [0.5, 0.6) is 0 Å². The molecule has 47 heteroatoms. The number of aromatic nitrogens is 12. The molecule has 86 heavy (non-hydrogen) atoms. The minimum absolute atomic E-state index is 0.00447. The number of anilines is 3. The summed E-state index contributed by atoms with van der Waals surface area (Å²) in [5.41, 5.74) is 12.9. The summed E-state index contributed by atoms with van der Waals surface area (Å²) < 4.78 is 116. The number of phosphoric acid groups is 4. The number of nitrogens with two attached hydrogens (primary N) is 3. The number of aromatic amines is 2. The highest BCUT2D eigenvalue weighted by Gasteiger charge is 2.54. The molecular weight excluding hydrogens is 1250 g/mol. The number of ether oxygens (including phenoxy) is 4. The lowest BCUT2D eigenvalue weighted by Gasteiger charge is -2.26. The van der Waals surface area contributed by atoms with Crippen LogP contribution in [0.1, 0.15) is 36.9 Å². The predicted octanol–water partition coefficient (Wildman–Crippen LogP) is -5.14. The average molecular weight is 1300 g/mol. The lowest BCUT2D eigenvalue weighted by Crippen LogP contribution is -2.38. The second kappa shape index (κ2) is 24.2. The first-order valence-corrected chi connectivity index (χ1v) is 30.7. The molecule has 4 saturated heterocycles. The van der Waals surface area contributed by atoms with Gasteiger partial charge in [0.2, 0.25) is 5.95 Å². The van der Waals surface area contributed by atoms with Crippen molar-refractivity contribution < 1.29 is 114 Å². The van der Waals surface area contributed by atoms with Gasteiger partial charge in [0.05, 0.1) is 39.1 Å². The number of phosphoric ester groups is 4. The van der Waals surface area contributed by atoms with Gasteiger partial charge in [-0.1, -0.05) is 0 Å². The van der Waals surface area contributed by atoms with Crippen molar-refractivity contribution in [2.45, 2.75) is 105 Å². The summed E-state index contributed by atoms with van der Waals surface area (Å²) in [4.78, 5) is 130. The average Bonchev–Trinajstić information content (AvgIpc) is 2.53. The normalized spacial score (nSPS) is 30.9. The molecule has 4 fully saturated rings. The van der Waals surface area contributed by atoms with E-state index >= 15 is 0 Å².